The van der Waals surface area contributed by atoms with Crippen LogP contribution in [-0.4, -0.2) is 13.3 Å². The fraction of sp³-hybridized carbons (Fsp3) is 0.148. The van der Waals surface area contributed by atoms with Gasteiger partial charge in [-0.3, -0.25) is 0 Å². The molecule has 1 nitrogen and oxygen atoms in total. The molecule has 0 aliphatic carbocycles. The topological polar surface area (TPSA) is 3.88 Å². The summed E-state index contributed by atoms with van der Waals surface area (Å²) >= 11 is -2.82. The van der Waals surface area contributed by atoms with Crippen molar-refractivity contribution in [3.05, 3.63) is 90.4 Å². The fourth-order valence-electron chi connectivity index (χ4n) is 5.16. The van der Waals surface area contributed by atoms with Gasteiger partial charge in [-0.05, 0) is 0 Å². The van der Waals surface area contributed by atoms with Crippen LogP contribution in [0.15, 0.2) is 79.0 Å². The van der Waals surface area contributed by atoms with Gasteiger partial charge in [0.05, 0.1) is 0 Å². The molecule has 5 rings (SSSR count). The number of rotatable bonds is 2. The second kappa shape index (κ2) is 6.92. The van der Waals surface area contributed by atoms with Crippen LogP contribution in [0.5, 0.6) is 0 Å². The number of benzene rings is 3. The van der Waals surface area contributed by atoms with E-state index in [2.05, 4.69) is 66.6 Å². The quantitative estimate of drug-likeness (QED) is 0.293. The minimum absolute atomic E-state index is 0.116. The number of aryl methyl sites for hydroxylation is 2. The first kappa shape index (κ1) is 19.3. The summed E-state index contributed by atoms with van der Waals surface area (Å²) in [6.07, 6.45) is 2.10. The Hall–Kier alpha value is -2.72. The van der Waals surface area contributed by atoms with Crippen molar-refractivity contribution in [3.8, 4) is 33.5 Å². The van der Waals surface area contributed by atoms with Crippen LogP contribution in [0.25, 0.3) is 33.5 Å². The third-order valence-corrected chi connectivity index (χ3v) is 13.9. The second-order valence-electron chi connectivity index (χ2n) is 8.71. The molecule has 0 radical (unpaired) electrons. The van der Waals surface area contributed by atoms with Gasteiger partial charge in [-0.15, -0.1) is 0 Å². The zero-order chi connectivity index (χ0) is 21.0. The van der Waals surface area contributed by atoms with Crippen LogP contribution < -0.4 is 13.4 Å². The molecule has 0 fully saturated rings. The van der Waals surface area contributed by atoms with Gasteiger partial charge in [-0.2, -0.15) is 0 Å². The van der Waals surface area contributed by atoms with Crippen molar-refractivity contribution in [2.75, 3.05) is 0 Å². The Labute approximate surface area is 180 Å². The van der Waals surface area contributed by atoms with E-state index < -0.39 is 13.3 Å². The molecule has 0 N–H and O–H groups in total. The summed E-state index contributed by atoms with van der Waals surface area (Å²) in [5.41, 5.74) is 8.11. The number of nitrogens with zero attached hydrogens (tertiary/aromatic N) is 1. The average Bonchev–Trinajstić information content (AvgIpc) is 2.97. The molecule has 0 amide bonds. The van der Waals surface area contributed by atoms with Crippen molar-refractivity contribution < 1.29 is 8.96 Å². The third kappa shape index (κ3) is 2.70. The second-order valence-corrected chi connectivity index (χ2v) is 17.6. The molecule has 1 aromatic heterocycles. The monoisotopic (exact) mass is 456 g/mol. The molecule has 2 heterocycles. The summed E-state index contributed by atoms with van der Waals surface area (Å²) in [6, 6.07) is 24.5. The van der Waals surface area contributed by atoms with Gasteiger partial charge in [0.1, 0.15) is 0 Å². The van der Waals surface area contributed by atoms with E-state index in [9.17, 15) is 0 Å². The third-order valence-electron chi connectivity index (χ3n) is 6.48. The zero-order valence-electron chi connectivity index (χ0n) is 17.8. The molecule has 30 heavy (non-hydrogen) atoms. The number of hydrogen-bond donors (Lipinski definition) is 0. The maximum absolute atomic E-state index is 15.3. The van der Waals surface area contributed by atoms with Crippen molar-refractivity contribution in [1.82, 2.24) is 0 Å². The molecule has 1 aliphatic rings. The standard InChI is InChI=1S/C27H25FGeN/c1-18-13-14-20-21-15-16-22(28)25(19-10-6-5-7-11-19)27(21)29(2,3)26(20)24(18)23-12-8-9-17-30(23)4/h5-17H,1-4H3/q+1. The van der Waals surface area contributed by atoms with Gasteiger partial charge < -0.3 is 0 Å². The van der Waals surface area contributed by atoms with Crippen molar-refractivity contribution >= 4 is 22.1 Å². The summed E-state index contributed by atoms with van der Waals surface area (Å²) in [6.45, 7) is 2.20. The normalized spacial score (nSPS) is 13.8. The SMILES string of the molecule is Cc1ccc2[c](c1-c1cccc[n+]1C)[Ge]([CH3])([CH3])[c]1c-2ccc(F)c1-c1ccccc1. The van der Waals surface area contributed by atoms with E-state index in [1.807, 2.05) is 36.4 Å². The zero-order valence-corrected chi connectivity index (χ0v) is 19.9. The van der Waals surface area contributed by atoms with Crippen LogP contribution in [0.2, 0.25) is 11.5 Å². The number of pyridine rings is 1. The Morgan fingerprint density at radius 2 is 1.37 bits per heavy atom. The first-order valence-corrected chi connectivity index (χ1v) is 16.7. The fourth-order valence-corrected chi connectivity index (χ4v) is 13.3. The van der Waals surface area contributed by atoms with E-state index in [0.29, 0.717) is 0 Å². The molecule has 0 bridgehead atoms. The van der Waals surface area contributed by atoms with Gasteiger partial charge in [0.25, 0.3) is 0 Å². The molecular formula is C27H25FGeN+. The number of halogens is 1. The molecule has 0 unspecified atom stereocenters. The summed E-state index contributed by atoms with van der Waals surface area (Å²) in [7, 11) is 2.10. The van der Waals surface area contributed by atoms with Gasteiger partial charge in [0, 0.05) is 0 Å². The van der Waals surface area contributed by atoms with Crippen LogP contribution >= 0.6 is 0 Å². The molecule has 1 aliphatic heterocycles. The molecule has 0 saturated carbocycles. The van der Waals surface area contributed by atoms with E-state index in [1.54, 1.807) is 6.07 Å². The van der Waals surface area contributed by atoms with Crippen LogP contribution in [-0.2, 0) is 7.05 Å². The Bertz CT molecular complexity index is 1290. The molecule has 148 valence electrons. The molecule has 0 atom stereocenters. The van der Waals surface area contributed by atoms with Gasteiger partial charge in [-0.25, -0.2) is 0 Å². The van der Waals surface area contributed by atoms with Crippen molar-refractivity contribution in [2.45, 2.75) is 18.4 Å². The number of hydrogen-bond acceptors (Lipinski definition) is 0. The van der Waals surface area contributed by atoms with Gasteiger partial charge >= 0.3 is 180 Å². The van der Waals surface area contributed by atoms with Crippen LogP contribution in [0.1, 0.15) is 5.56 Å². The minimum atomic E-state index is -2.82. The van der Waals surface area contributed by atoms with Crippen molar-refractivity contribution in [1.29, 1.82) is 0 Å². The van der Waals surface area contributed by atoms with Crippen LogP contribution in [0.4, 0.5) is 4.39 Å². The predicted octanol–water partition coefficient (Wildman–Crippen LogP) is 5.10. The average molecular weight is 455 g/mol. The predicted molar refractivity (Wildman–Crippen MR) is 125 cm³/mol. The summed E-state index contributed by atoms with van der Waals surface area (Å²) < 4.78 is 20.2. The summed E-state index contributed by atoms with van der Waals surface area (Å²) in [5.74, 6) is 4.72. The van der Waals surface area contributed by atoms with Crippen LogP contribution in [0.3, 0.4) is 0 Å². The Morgan fingerprint density at radius 3 is 2.07 bits per heavy atom. The summed E-state index contributed by atoms with van der Waals surface area (Å²) in [4.78, 5) is 0. The molecule has 3 heteroatoms. The summed E-state index contributed by atoms with van der Waals surface area (Å²) in [5, 5.41) is 0. The van der Waals surface area contributed by atoms with Crippen LogP contribution in [0, 0.1) is 12.7 Å². The molecular weight excluding hydrogens is 430 g/mol. The van der Waals surface area contributed by atoms with E-state index >= 15 is 4.39 Å². The molecule has 4 aromatic rings. The van der Waals surface area contributed by atoms with Gasteiger partial charge in [-0.1, -0.05) is 0 Å². The first-order valence-electron chi connectivity index (χ1n) is 10.4. The van der Waals surface area contributed by atoms with E-state index in [1.165, 1.54) is 36.7 Å². The molecule has 0 spiro atoms. The molecule has 0 saturated heterocycles. The Morgan fingerprint density at radius 1 is 0.733 bits per heavy atom. The number of fused-ring (bicyclic) bond motifs is 3. The van der Waals surface area contributed by atoms with Crippen molar-refractivity contribution in [2.24, 2.45) is 7.05 Å². The number of aromatic nitrogens is 1. The van der Waals surface area contributed by atoms with E-state index in [-0.39, 0.29) is 5.82 Å². The Balaban J connectivity index is 1.88. The van der Waals surface area contributed by atoms with Crippen molar-refractivity contribution in [3.63, 3.8) is 0 Å². The maximum atomic E-state index is 15.3. The van der Waals surface area contributed by atoms with E-state index in [0.717, 1.165) is 11.1 Å². The molecule has 3 aromatic carbocycles. The Kier molecular flexibility index (Phi) is 4.44. The van der Waals surface area contributed by atoms with Gasteiger partial charge in [0.15, 0.2) is 0 Å². The van der Waals surface area contributed by atoms with Gasteiger partial charge in [0.2, 0.25) is 0 Å². The van der Waals surface area contributed by atoms with E-state index in [4.69, 9.17) is 0 Å². The first-order chi connectivity index (χ1) is 14.4.